The number of hydrogen-bond acceptors (Lipinski definition) is 7. The van der Waals surface area contributed by atoms with Gasteiger partial charge in [-0.1, -0.05) is 27.2 Å². The van der Waals surface area contributed by atoms with E-state index in [1.807, 2.05) is 26.0 Å². The highest BCUT2D eigenvalue weighted by Gasteiger charge is 2.23. The molecule has 0 aliphatic carbocycles. The first kappa shape index (κ1) is 23.8. The van der Waals surface area contributed by atoms with Crippen molar-refractivity contribution < 1.29 is 15.0 Å². The van der Waals surface area contributed by atoms with E-state index >= 15 is 0 Å². The number of primary amides is 1. The standard InChI is InChI=1S/C24H30N6O3/c1-4-5-15(25)10-11-27-16-6-8-17(9-7-16)30-23(28-29-24(30)22(26)33)19-12-18(14(2)3)20(31)13-21(19)32/h6-9,12-14,25,27,31-32H,4-5,10-11H2,1-3H3,(H2,26,33). The summed E-state index contributed by atoms with van der Waals surface area (Å²) in [6, 6.07) is 10.2. The van der Waals surface area contributed by atoms with Crippen molar-refractivity contribution in [1.82, 2.24) is 14.8 Å². The van der Waals surface area contributed by atoms with E-state index in [2.05, 4.69) is 22.4 Å². The van der Waals surface area contributed by atoms with Crippen molar-refractivity contribution in [2.45, 2.75) is 46.0 Å². The molecule has 33 heavy (non-hydrogen) atoms. The van der Waals surface area contributed by atoms with Gasteiger partial charge in [0, 0.05) is 36.1 Å². The first-order valence-electron chi connectivity index (χ1n) is 10.9. The van der Waals surface area contributed by atoms with E-state index < -0.39 is 5.91 Å². The van der Waals surface area contributed by atoms with Crippen molar-refractivity contribution in [2.75, 3.05) is 11.9 Å². The molecular formula is C24H30N6O3. The average molecular weight is 451 g/mol. The molecule has 1 amide bonds. The van der Waals surface area contributed by atoms with Gasteiger partial charge in [-0.25, -0.2) is 0 Å². The summed E-state index contributed by atoms with van der Waals surface area (Å²) in [6.45, 7) is 6.56. The van der Waals surface area contributed by atoms with Gasteiger partial charge in [0.2, 0.25) is 5.82 Å². The number of anilines is 1. The van der Waals surface area contributed by atoms with Gasteiger partial charge >= 0.3 is 0 Å². The molecule has 0 radical (unpaired) electrons. The zero-order chi connectivity index (χ0) is 24.1. The third-order valence-electron chi connectivity index (χ3n) is 5.32. The molecule has 0 aliphatic rings. The molecule has 3 aromatic rings. The lowest BCUT2D eigenvalue weighted by atomic mass is 9.98. The van der Waals surface area contributed by atoms with Crippen molar-refractivity contribution in [1.29, 1.82) is 5.41 Å². The maximum absolute atomic E-state index is 12.0. The number of nitrogens with one attached hydrogen (secondary N) is 2. The fourth-order valence-corrected chi connectivity index (χ4v) is 3.61. The minimum absolute atomic E-state index is 0.000461. The summed E-state index contributed by atoms with van der Waals surface area (Å²) in [5, 5.41) is 39.9. The molecule has 2 aromatic carbocycles. The number of aromatic hydroxyl groups is 2. The Bertz CT molecular complexity index is 1150. The van der Waals surface area contributed by atoms with Crippen LogP contribution >= 0.6 is 0 Å². The molecule has 9 nitrogen and oxygen atoms in total. The van der Waals surface area contributed by atoms with Gasteiger partial charge in [-0.15, -0.1) is 10.2 Å². The Morgan fingerprint density at radius 2 is 1.82 bits per heavy atom. The minimum atomic E-state index is -0.757. The summed E-state index contributed by atoms with van der Waals surface area (Å²) >= 11 is 0. The van der Waals surface area contributed by atoms with Gasteiger partial charge in [-0.05, 0) is 48.2 Å². The summed E-state index contributed by atoms with van der Waals surface area (Å²) in [5.41, 5.74) is 8.67. The largest absolute Gasteiger partial charge is 0.508 e. The Morgan fingerprint density at radius 3 is 2.42 bits per heavy atom. The van der Waals surface area contributed by atoms with Crippen molar-refractivity contribution >= 4 is 17.3 Å². The summed E-state index contributed by atoms with van der Waals surface area (Å²) in [5.74, 6) is -0.799. The number of aromatic nitrogens is 3. The van der Waals surface area contributed by atoms with Crippen LogP contribution in [0.5, 0.6) is 11.5 Å². The van der Waals surface area contributed by atoms with Crippen LogP contribution in [0.2, 0.25) is 0 Å². The number of phenols is 2. The summed E-state index contributed by atoms with van der Waals surface area (Å²) < 4.78 is 1.49. The number of nitrogens with zero attached hydrogens (tertiary/aromatic N) is 3. The minimum Gasteiger partial charge on any atom is -0.508 e. The van der Waals surface area contributed by atoms with Gasteiger partial charge in [-0.2, -0.15) is 0 Å². The number of amides is 1. The molecule has 0 saturated carbocycles. The number of phenolic OH excluding ortho intramolecular Hbond substituents is 2. The monoisotopic (exact) mass is 450 g/mol. The normalized spacial score (nSPS) is 11.0. The lowest BCUT2D eigenvalue weighted by molar-refractivity contribution is 0.0988. The molecule has 0 unspecified atom stereocenters. The summed E-state index contributed by atoms with van der Waals surface area (Å²) in [6.07, 6.45) is 2.44. The van der Waals surface area contributed by atoms with Crippen LogP contribution in [0.1, 0.15) is 62.1 Å². The van der Waals surface area contributed by atoms with Crippen LogP contribution in [-0.2, 0) is 0 Å². The van der Waals surface area contributed by atoms with Gasteiger partial charge in [-0.3, -0.25) is 9.36 Å². The lowest BCUT2D eigenvalue weighted by Crippen LogP contribution is -2.18. The van der Waals surface area contributed by atoms with Crippen LogP contribution in [0.4, 0.5) is 5.69 Å². The number of nitrogens with two attached hydrogens (primary N) is 1. The Hall–Kier alpha value is -3.88. The maximum atomic E-state index is 12.0. The second kappa shape index (κ2) is 10.2. The van der Waals surface area contributed by atoms with E-state index in [4.69, 9.17) is 11.1 Å². The molecule has 0 fully saturated rings. The fraction of sp³-hybridized carbons (Fsp3) is 0.333. The quantitative estimate of drug-likeness (QED) is 0.292. The number of rotatable bonds is 10. The van der Waals surface area contributed by atoms with Crippen molar-refractivity contribution in [3.63, 3.8) is 0 Å². The summed E-state index contributed by atoms with van der Waals surface area (Å²) in [4.78, 5) is 12.0. The molecule has 9 heteroatoms. The van der Waals surface area contributed by atoms with Crippen LogP contribution < -0.4 is 11.1 Å². The highest BCUT2D eigenvalue weighted by atomic mass is 16.3. The van der Waals surface area contributed by atoms with Crippen LogP contribution in [0, 0.1) is 5.41 Å². The van der Waals surface area contributed by atoms with Crippen molar-refractivity contribution in [3.8, 4) is 28.6 Å². The number of carbonyl (C=O) groups is 1. The van der Waals surface area contributed by atoms with Crippen LogP contribution in [-0.4, -0.2) is 43.1 Å². The summed E-state index contributed by atoms with van der Waals surface area (Å²) in [7, 11) is 0. The van der Waals surface area contributed by atoms with E-state index in [0.29, 0.717) is 29.8 Å². The number of carbonyl (C=O) groups excluding carboxylic acids is 1. The molecule has 1 heterocycles. The highest BCUT2D eigenvalue weighted by Crippen LogP contribution is 2.38. The fourth-order valence-electron chi connectivity index (χ4n) is 3.61. The average Bonchev–Trinajstić information content (AvgIpc) is 3.19. The van der Waals surface area contributed by atoms with Crippen molar-refractivity contribution in [2.24, 2.45) is 5.73 Å². The molecule has 1 aromatic heterocycles. The van der Waals surface area contributed by atoms with Crippen LogP contribution in [0.15, 0.2) is 36.4 Å². The predicted molar refractivity (Wildman–Crippen MR) is 128 cm³/mol. The topological polar surface area (TPSA) is 150 Å². The molecule has 6 N–H and O–H groups in total. The second-order valence-corrected chi connectivity index (χ2v) is 8.21. The van der Waals surface area contributed by atoms with Gasteiger partial charge in [0.1, 0.15) is 11.5 Å². The predicted octanol–water partition coefficient (Wildman–Crippen LogP) is 4.19. The molecule has 0 spiro atoms. The SMILES string of the molecule is CCCC(=N)CCNc1ccc(-n2c(C(N)=O)nnc2-c2cc(C(C)C)c(O)cc2O)cc1. The molecule has 0 bridgehead atoms. The smallest absolute Gasteiger partial charge is 0.287 e. The van der Waals surface area contributed by atoms with Crippen molar-refractivity contribution in [3.05, 3.63) is 47.8 Å². The van der Waals surface area contributed by atoms with E-state index in [9.17, 15) is 15.0 Å². The third kappa shape index (κ3) is 5.31. The van der Waals surface area contributed by atoms with E-state index in [0.717, 1.165) is 24.2 Å². The zero-order valence-corrected chi connectivity index (χ0v) is 19.1. The highest BCUT2D eigenvalue weighted by molar-refractivity contribution is 5.91. The van der Waals surface area contributed by atoms with Gasteiger partial charge in [0.05, 0.1) is 5.56 Å². The van der Waals surface area contributed by atoms with Gasteiger partial charge in [0.15, 0.2) is 5.82 Å². The lowest BCUT2D eigenvalue weighted by Gasteiger charge is -2.14. The Kier molecular flexibility index (Phi) is 7.32. The molecule has 3 rings (SSSR count). The zero-order valence-electron chi connectivity index (χ0n) is 19.1. The van der Waals surface area contributed by atoms with Crippen LogP contribution in [0.25, 0.3) is 17.1 Å². The molecule has 0 atom stereocenters. The van der Waals surface area contributed by atoms with Gasteiger partial charge < -0.3 is 26.7 Å². The Morgan fingerprint density at radius 1 is 1.12 bits per heavy atom. The molecule has 174 valence electrons. The third-order valence-corrected chi connectivity index (χ3v) is 5.32. The Balaban J connectivity index is 1.96. The molecular weight excluding hydrogens is 420 g/mol. The van der Waals surface area contributed by atoms with Gasteiger partial charge in [0.25, 0.3) is 5.91 Å². The number of benzene rings is 2. The maximum Gasteiger partial charge on any atom is 0.287 e. The van der Waals surface area contributed by atoms with E-state index in [1.165, 1.54) is 10.6 Å². The Labute approximate surface area is 192 Å². The van der Waals surface area contributed by atoms with E-state index in [-0.39, 0.29) is 29.1 Å². The number of hydrogen-bond donors (Lipinski definition) is 5. The first-order valence-corrected chi connectivity index (χ1v) is 10.9. The second-order valence-electron chi connectivity index (χ2n) is 8.21. The van der Waals surface area contributed by atoms with E-state index in [1.54, 1.807) is 18.2 Å². The van der Waals surface area contributed by atoms with Crippen LogP contribution in [0.3, 0.4) is 0 Å². The molecule has 0 aliphatic heterocycles. The first-order chi connectivity index (χ1) is 15.7. The molecule has 0 saturated heterocycles.